The van der Waals surface area contributed by atoms with Crippen LogP contribution < -0.4 is 9.47 Å². The highest BCUT2D eigenvalue weighted by Gasteiger charge is 2.12. The number of hydrogen-bond donors (Lipinski definition) is 0. The highest BCUT2D eigenvalue weighted by molar-refractivity contribution is 5.67. The topological polar surface area (TPSA) is 57.4 Å². The summed E-state index contributed by atoms with van der Waals surface area (Å²) in [5.74, 6) is 1.62. The van der Waals surface area contributed by atoms with Gasteiger partial charge in [-0.25, -0.2) is 0 Å². The van der Waals surface area contributed by atoms with Crippen molar-refractivity contribution < 1.29 is 14.0 Å². The monoisotopic (exact) mass is 346 g/mol. The molecule has 0 saturated heterocycles. The molecular formula is C20H30N2O3. The lowest BCUT2D eigenvalue weighted by Crippen LogP contribution is -2.01. The van der Waals surface area contributed by atoms with E-state index in [-0.39, 0.29) is 0 Å². The summed E-state index contributed by atoms with van der Waals surface area (Å²) in [4.78, 5) is 0. The average molecular weight is 346 g/mol. The third-order valence-corrected chi connectivity index (χ3v) is 4.11. The Morgan fingerprint density at radius 1 is 0.880 bits per heavy atom. The zero-order valence-corrected chi connectivity index (χ0v) is 15.5. The van der Waals surface area contributed by atoms with Crippen molar-refractivity contribution in [1.29, 1.82) is 0 Å². The molecule has 0 spiro atoms. The highest BCUT2D eigenvalue weighted by atomic mass is 16.5. The SMILES string of the molecule is CCCCCCOc1ccc(OCCCCCC)c(-c2conn2)c1. The summed E-state index contributed by atoms with van der Waals surface area (Å²) in [7, 11) is 0. The number of ether oxygens (including phenoxy) is 2. The molecule has 1 heterocycles. The van der Waals surface area contributed by atoms with Gasteiger partial charge in [0.25, 0.3) is 0 Å². The van der Waals surface area contributed by atoms with E-state index in [9.17, 15) is 0 Å². The second kappa shape index (κ2) is 11.5. The van der Waals surface area contributed by atoms with Crippen LogP contribution in [-0.2, 0) is 0 Å². The van der Waals surface area contributed by atoms with Gasteiger partial charge in [-0.2, -0.15) is 0 Å². The summed E-state index contributed by atoms with van der Waals surface area (Å²) in [5.41, 5.74) is 1.53. The van der Waals surface area contributed by atoms with Crippen molar-refractivity contribution in [2.24, 2.45) is 0 Å². The Labute approximate surface area is 150 Å². The average Bonchev–Trinajstić information content (AvgIpc) is 3.16. The fourth-order valence-corrected chi connectivity index (χ4v) is 2.64. The molecule has 0 aliphatic heterocycles. The van der Waals surface area contributed by atoms with Crippen LogP contribution >= 0.6 is 0 Å². The van der Waals surface area contributed by atoms with E-state index < -0.39 is 0 Å². The predicted molar refractivity (Wildman–Crippen MR) is 99.0 cm³/mol. The molecule has 0 bridgehead atoms. The number of aromatic nitrogens is 2. The van der Waals surface area contributed by atoms with Crippen molar-refractivity contribution in [3.8, 4) is 22.8 Å². The third kappa shape index (κ3) is 6.77. The van der Waals surface area contributed by atoms with Gasteiger partial charge in [0.2, 0.25) is 0 Å². The Kier molecular flexibility index (Phi) is 8.87. The van der Waals surface area contributed by atoms with E-state index in [1.807, 2.05) is 18.2 Å². The molecule has 0 aliphatic carbocycles. The number of nitrogens with zero attached hydrogens (tertiary/aromatic N) is 2. The maximum absolute atomic E-state index is 5.96. The van der Waals surface area contributed by atoms with Gasteiger partial charge in [-0.15, -0.1) is 5.10 Å². The number of benzene rings is 1. The van der Waals surface area contributed by atoms with Gasteiger partial charge in [-0.05, 0) is 31.0 Å². The van der Waals surface area contributed by atoms with E-state index in [4.69, 9.17) is 14.0 Å². The van der Waals surface area contributed by atoms with Crippen molar-refractivity contribution in [3.63, 3.8) is 0 Å². The Bertz CT molecular complexity index is 585. The molecule has 0 fully saturated rings. The molecule has 5 heteroatoms. The van der Waals surface area contributed by atoms with Crippen LogP contribution in [0.3, 0.4) is 0 Å². The lowest BCUT2D eigenvalue weighted by atomic mass is 10.1. The lowest BCUT2D eigenvalue weighted by Gasteiger charge is -2.12. The van der Waals surface area contributed by atoms with E-state index in [1.165, 1.54) is 44.8 Å². The molecule has 1 aromatic carbocycles. The van der Waals surface area contributed by atoms with Crippen molar-refractivity contribution in [2.75, 3.05) is 13.2 Å². The Morgan fingerprint density at radius 2 is 1.60 bits per heavy atom. The summed E-state index contributed by atoms with van der Waals surface area (Å²) < 4.78 is 16.7. The Hall–Kier alpha value is -2.04. The van der Waals surface area contributed by atoms with Crippen LogP contribution in [0.15, 0.2) is 29.0 Å². The molecule has 0 radical (unpaired) electrons. The van der Waals surface area contributed by atoms with Crippen LogP contribution in [0.1, 0.15) is 65.2 Å². The minimum atomic E-state index is 0.667. The minimum Gasteiger partial charge on any atom is -0.494 e. The quantitative estimate of drug-likeness (QED) is 0.438. The summed E-state index contributed by atoms with van der Waals surface area (Å²) in [6.45, 7) is 5.85. The fourth-order valence-electron chi connectivity index (χ4n) is 2.64. The van der Waals surface area contributed by atoms with E-state index in [1.54, 1.807) is 0 Å². The predicted octanol–water partition coefficient (Wildman–Crippen LogP) is 5.65. The standard InChI is InChI=1S/C20H30N2O3/c1-3-5-7-9-13-23-17-11-12-20(24-14-10-8-6-4-2)18(15-17)19-16-25-22-21-19/h11-12,15-16H,3-10,13-14H2,1-2H3. The normalized spacial score (nSPS) is 10.8. The Morgan fingerprint density at radius 3 is 2.24 bits per heavy atom. The molecule has 1 aromatic heterocycles. The van der Waals surface area contributed by atoms with Crippen molar-refractivity contribution in [1.82, 2.24) is 10.4 Å². The smallest absolute Gasteiger partial charge is 0.152 e. The maximum Gasteiger partial charge on any atom is 0.152 e. The van der Waals surface area contributed by atoms with E-state index >= 15 is 0 Å². The van der Waals surface area contributed by atoms with E-state index in [0.29, 0.717) is 12.3 Å². The van der Waals surface area contributed by atoms with Gasteiger partial charge in [0.05, 0.1) is 18.8 Å². The zero-order chi connectivity index (χ0) is 17.7. The van der Waals surface area contributed by atoms with Gasteiger partial charge < -0.3 is 14.0 Å². The molecule has 0 N–H and O–H groups in total. The minimum absolute atomic E-state index is 0.667. The molecule has 138 valence electrons. The van der Waals surface area contributed by atoms with Crippen LogP contribution in [0.4, 0.5) is 0 Å². The van der Waals surface area contributed by atoms with E-state index in [0.717, 1.165) is 36.5 Å². The van der Waals surface area contributed by atoms with Crippen LogP contribution in [0.2, 0.25) is 0 Å². The van der Waals surface area contributed by atoms with Gasteiger partial charge in [-0.1, -0.05) is 52.4 Å². The Balaban J connectivity index is 1.96. The van der Waals surface area contributed by atoms with E-state index in [2.05, 4.69) is 24.2 Å². The van der Waals surface area contributed by atoms with Crippen LogP contribution in [0.5, 0.6) is 11.5 Å². The number of unbranched alkanes of at least 4 members (excludes halogenated alkanes) is 6. The summed E-state index contributed by atoms with van der Waals surface area (Å²) in [6.07, 6.45) is 11.0. The second-order valence-electron chi connectivity index (χ2n) is 6.27. The van der Waals surface area contributed by atoms with Crippen molar-refractivity contribution in [3.05, 3.63) is 24.5 Å². The van der Waals surface area contributed by atoms with Gasteiger partial charge in [0.1, 0.15) is 17.2 Å². The largest absolute Gasteiger partial charge is 0.494 e. The molecule has 0 aliphatic rings. The molecule has 2 aromatic rings. The van der Waals surface area contributed by atoms with Crippen LogP contribution in [-0.4, -0.2) is 23.6 Å². The first-order valence-corrected chi connectivity index (χ1v) is 9.52. The lowest BCUT2D eigenvalue weighted by molar-refractivity contribution is 0.298. The highest BCUT2D eigenvalue weighted by Crippen LogP contribution is 2.32. The molecule has 0 unspecified atom stereocenters. The van der Waals surface area contributed by atoms with Gasteiger partial charge in [0.15, 0.2) is 6.26 Å². The zero-order valence-electron chi connectivity index (χ0n) is 15.5. The fraction of sp³-hybridized carbons (Fsp3) is 0.600. The summed E-state index contributed by atoms with van der Waals surface area (Å²) >= 11 is 0. The van der Waals surface area contributed by atoms with Crippen molar-refractivity contribution in [2.45, 2.75) is 65.2 Å². The molecular weight excluding hydrogens is 316 g/mol. The van der Waals surface area contributed by atoms with Gasteiger partial charge in [0, 0.05) is 5.27 Å². The third-order valence-electron chi connectivity index (χ3n) is 4.11. The van der Waals surface area contributed by atoms with Crippen LogP contribution in [0.25, 0.3) is 11.3 Å². The maximum atomic E-state index is 5.96. The molecule has 5 nitrogen and oxygen atoms in total. The van der Waals surface area contributed by atoms with Crippen molar-refractivity contribution >= 4 is 0 Å². The first-order valence-electron chi connectivity index (χ1n) is 9.52. The van der Waals surface area contributed by atoms with Gasteiger partial charge in [-0.3, -0.25) is 0 Å². The summed E-state index contributed by atoms with van der Waals surface area (Å²) in [6, 6.07) is 5.87. The molecule has 0 amide bonds. The molecule has 0 saturated carbocycles. The summed E-state index contributed by atoms with van der Waals surface area (Å²) in [5, 5.41) is 7.58. The molecule has 25 heavy (non-hydrogen) atoms. The number of rotatable bonds is 13. The van der Waals surface area contributed by atoms with Crippen LogP contribution in [0, 0.1) is 0 Å². The molecule has 2 rings (SSSR count). The number of hydrogen-bond acceptors (Lipinski definition) is 5. The molecule has 0 atom stereocenters. The first kappa shape index (κ1) is 19.3. The van der Waals surface area contributed by atoms with Gasteiger partial charge >= 0.3 is 0 Å². The first-order chi connectivity index (χ1) is 12.3. The second-order valence-corrected chi connectivity index (χ2v) is 6.27.